The molecule has 0 bridgehead atoms. The van der Waals surface area contributed by atoms with Crippen LogP contribution in [-0.4, -0.2) is 27.2 Å². The van der Waals surface area contributed by atoms with Crippen LogP contribution in [0.15, 0.2) is 66.7 Å². The van der Waals surface area contributed by atoms with Crippen LogP contribution in [0.2, 0.25) is 0 Å². The summed E-state index contributed by atoms with van der Waals surface area (Å²) in [5.41, 5.74) is 9.33. The fourth-order valence-electron chi connectivity index (χ4n) is 3.95. The molecule has 184 valence electrons. The predicted octanol–water partition coefficient (Wildman–Crippen LogP) is 7.55. The van der Waals surface area contributed by atoms with E-state index >= 15 is 0 Å². The molecule has 0 spiro atoms. The monoisotopic (exact) mass is 459 g/mol. The molecule has 2 N–H and O–H groups in total. The topological polar surface area (TPSA) is 27.3 Å². The van der Waals surface area contributed by atoms with Crippen molar-refractivity contribution in [2.45, 2.75) is 59.8 Å². The summed E-state index contributed by atoms with van der Waals surface area (Å²) in [7, 11) is 4.11. The molecule has 0 saturated carbocycles. The van der Waals surface area contributed by atoms with Gasteiger partial charge in [-0.2, -0.15) is 0 Å². The molecule has 3 aromatic carbocycles. The van der Waals surface area contributed by atoms with Crippen molar-refractivity contribution in [1.29, 1.82) is 0 Å². The molecule has 0 radical (unpaired) electrons. The van der Waals surface area contributed by atoms with Gasteiger partial charge in [0.15, 0.2) is 0 Å². The fourth-order valence-corrected chi connectivity index (χ4v) is 3.95. The summed E-state index contributed by atoms with van der Waals surface area (Å²) in [5, 5.41) is 6.77. The summed E-state index contributed by atoms with van der Waals surface area (Å²) in [6, 6.07) is 23.9. The zero-order valence-electron chi connectivity index (χ0n) is 22.2. The summed E-state index contributed by atoms with van der Waals surface area (Å²) in [6.07, 6.45) is 6.15. The number of hydrogen-bond donors (Lipinski definition) is 2. The number of aryl methyl sites for hydroxylation is 4. The third-order valence-electron chi connectivity index (χ3n) is 6.03. The third kappa shape index (κ3) is 8.87. The van der Waals surface area contributed by atoms with E-state index in [1.165, 1.54) is 65.2 Å². The second-order valence-electron chi connectivity index (χ2n) is 8.81. The number of hydrogen-bond acceptors (Lipinski definition) is 3. The molecule has 3 aromatic rings. The van der Waals surface area contributed by atoms with Crippen molar-refractivity contribution in [1.82, 2.24) is 5.32 Å². The molecule has 34 heavy (non-hydrogen) atoms. The van der Waals surface area contributed by atoms with Gasteiger partial charge in [0.25, 0.3) is 0 Å². The van der Waals surface area contributed by atoms with E-state index in [2.05, 4.69) is 110 Å². The minimum absolute atomic E-state index is 1.12. The largest absolute Gasteiger partial charge is 0.378 e. The molecule has 1 saturated heterocycles. The van der Waals surface area contributed by atoms with E-state index in [-0.39, 0.29) is 0 Å². The zero-order valence-corrected chi connectivity index (χ0v) is 22.2. The van der Waals surface area contributed by atoms with Crippen LogP contribution in [0.25, 0.3) is 0 Å². The van der Waals surface area contributed by atoms with Crippen LogP contribution >= 0.6 is 0 Å². The summed E-state index contributed by atoms with van der Waals surface area (Å²) >= 11 is 0. The van der Waals surface area contributed by atoms with Crippen LogP contribution in [0.3, 0.4) is 0 Å². The maximum absolute atomic E-state index is 3.54. The minimum atomic E-state index is 1.12. The number of benzene rings is 3. The first-order chi connectivity index (χ1) is 16.6. The summed E-state index contributed by atoms with van der Waals surface area (Å²) < 4.78 is 0. The average Bonchev–Trinajstić information content (AvgIpc) is 3.41. The van der Waals surface area contributed by atoms with E-state index < -0.39 is 0 Å². The molecule has 5 rings (SSSR count). The molecule has 0 atom stereocenters. The van der Waals surface area contributed by atoms with Crippen molar-refractivity contribution in [3.8, 4) is 0 Å². The lowest BCUT2D eigenvalue weighted by atomic mass is 10.0. The zero-order chi connectivity index (χ0) is 24.8. The molecule has 3 heteroatoms. The van der Waals surface area contributed by atoms with Crippen molar-refractivity contribution in [2.24, 2.45) is 0 Å². The Morgan fingerprint density at radius 3 is 1.94 bits per heavy atom. The van der Waals surface area contributed by atoms with Crippen LogP contribution in [0, 0.1) is 6.92 Å². The van der Waals surface area contributed by atoms with Crippen LogP contribution < -0.4 is 15.5 Å². The van der Waals surface area contributed by atoms with Crippen LogP contribution in [0.1, 0.15) is 55.9 Å². The van der Waals surface area contributed by atoms with Gasteiger partial charge in [-0.25, -0.2) is 0 Å². The predicted molar refractivity (Wildman–Crippen MR) is 152 cm³/mol. The highest BCUT2D eigenvalue weighted by atomic mass is 15.1. The van der Waals surface area contributed by atoms with Crippen molar-refractivity contribution in [3.63, 3.8) is 0 Å². The van der Waals surface area contributed by atoms with E-state index in [0.29, 0.717) is 0 Å². The first kappa shape index (κ1) is 27.5. The third-order valence-corrected chi connectivity index (χ3v) is 6.03. The van der Waals surface area contributed by atoms with E-state index in [1.54, 1.807) is 0 Å². The lowest BCUT2D eigenvalue weighted by Gasteiger charge is -2.11. The second-order valence-corrected chi connectivity index (χ2v) is 8.81. The Labute approximate surface area is 208 Å². The quantitative estimate of drug-likeness (QED) is 0.414. The summed E-state index contributed by atoms with van der Waals surface area (Å²) in [6.45, 7) is 10.8. The van der Waals surface area contributed by atoms with Gasteiger partial charge in [-0.3, -0.25) is 0 Å². The Balaban J connectivity index is 0.000000196. The van der Waals surface area contributed by atoms with Gasteiger partial charge in [0.05, 0.1) is 0 Å². The van der Waals surface area contributed by atoms with Crippen molar-refractivity contribution >= 4 is 17.1 Å². The van der Waals surface area contributed by atoms with Gasteiger partial charge in [0.1, 0.15) is 0 Å². The molecular formula is C31H45N3. The number of anilines is 3. The summed E-state index contributed by atoms with van der Waals surface area (Å²) in [4.78, 5) is 2.11. The first-order valence-electron chi connectivity index (χ1n) is 13.0. The highest BCUT2D eigenvalue weighted by Gasteiger charge is 2.11. The minimum Gasteiger partial charge on any atom is -0.378 e. The lowest BCUT2D eigenvalue weighted by Crippen LogP contribution is -2.08. The Hall–Kier alpha value is -2.78. The molecule has 0 aliphatic carbocycles. The highest BCUT2D eigenvalue weighted by Crippen LogP contribution is 2.30. The van der Waals surface area contributed by atoms with Gasteiger partial charge in [-0.1, -0.05) is 63.2 Å². The van der Waals surface area contributed by atoms with Crippen molar-refractivity contribution in [2.75, 3.05) is 37.4 Å². The van der Waals surface area contributed by atoms with Crippen LogP contribution in [0.5, 0.6) is 0 Å². The van der Waals surface area contributed by atoms with Gasteiger partial charge in [-0.05, 0) is 98.6 Å². The maximum atomic E-state index is 3.54. The van der Waals surface area contributed by atoms with E-state index in [1.807, 2.05) is 13.8 Å². The molecule has 2 heterocycles. The Kier molecular flexibility index (Phi) is 12.3. The first-order valence-corrected chi connectivity index (χ1v) is 13.0. The number of nitrogens with zero attached hydrogens (tertiary/aromatic N) is 1. The summed E-state index contributed by atoms with van der Waals surface area (Å²) in [5.74, 6) is 0. The molecule has 0 unspecified atom stereocenters. The number of para-hydroxylation sites is 1. The number of nitrogens with one attached hydrogen (secondary N) is 2. The van der Waals surface area contributed by atoms with E-state index in [0.717, 1.165) is 19.3 Å². The number of rotatable bonds is 2. The van der Waals surface area contributed by atoms with Crippen LogP contribution in [-0.2, 0) is 19.3 Å². The lowest BCUT2D eigenvalue weighted by molar-refractivity contribution is 0.857. The standard InChI is InChI=1S/C15H15N.C10H15N.C4H9N.C2H6/c1-11-6-7-13-9-8-12-4-2-3-5-14(12)16-15(13)10-11;1-4-9-5-7-10(8-6-9)11(2)3;1-2-4-5-3-1;1-2/h2-7,10,16H,8-9H2,1H3;5-8H,4H2,1-3H3;5H,1-4H2;1-2H3. The normalized spacial score (nSPS) is 13.1. The van der Waals surface area contributed by atoms with Gasteiger partial charge in [0.2, 0.25) is 0 Å². The molecule has 2 aliphatic heterocycles. The fraction of sp³-hybridized carbons (Fsp3) is 0.419. The Morgan fingerprint density at radius 1 is 0.765 bits per heavy atom. The molecule has 0 aromatic heterocycles. The smallest absolute Gasteiger partial charge is 0.0419 e. The average molecular weight is 460 g/mol. The highest BCUT2D eigenvalue weighted by molar-refractivity contribution is 5.68. The second kappa shape index (κ2) is 15.2. The number of fused-ring (bicyclic) bond motifs is 2. The SMILES string of the molecule is C1CCNC1.CC.CCc1ccc(N(C)C)cc1.Cc1ccc2c(c1)Nc1ccccc1CC2. The molecule has 1 fully saturated rings. The van der Waals surface area contributed by atoms with Gasteiger partial charge < -0.3 is 15.5 Å². The van der Waals surface area contributed by atoms with E-state index in [4.69, 9.17) is 0 Å². The van der Waals surface area contributed by atoms with Crippen LogP contribution in [0.4, 0.5) is 17.1 Å². The molecule has 3 nitrogen and oxygen atoms in total. The van der Waals surface area contributed by atoms with Crippen molar-refractivity contribution in [3.05, 3.63) is 89.0 Å². The van der Waals surface area contributed by atoms with E-state index in [9.17, 15) is 0 Å². The van der Waals surface area contributed by atoms with Crippen molar-refractivity contribution < 1.29 is 0 Å². The maximum Gasteiger partial charge on any atom is 0.0419 e. The van der Waals surface area contributed by atoms with Gasteiger partial charge in [0, 0.05) is 31.2 Å². The molecule has 0 amide bonds. The van der Waals surface area contributed by atoms with Gasteiger partial charge in [-0.15, -0.1) is 0 Å². The van der Waals surface area contributed by atoms with Gasteiger partial charge >= 0.3 is 0 Å². The Bertz CT molecular complexity index is 949. The Morgan fingerprint density at radius 2 is 1.38 bits per heavy atom. The molecular weight excluding hydrogens is 414 g/mol. The molecule has 2 aliphatic rings.